The highest BCUT2D eigenvalue weighted by molar-refractivity contribution is 5.97. The van der Waals surface area contributed by atoms with E-state index in [1.807, 2.05) is 6.07 Å². The fourth-order valence-corrected chi connectivity index (χ4v) is 1.58. The highest BCUT2D eigenvalue weighted by atomic mass is 16.6. The summed E-state index contributed by atoms with van der Waals surface area (Å²) >= 11 is 0. The molecule has 0 spiro atoms. The lowest BCUT2D eigenvalue weighted by atomic mass is 10.2. The van der Waals surface area contributed by atoms with Gasteiger partial charge in [-0.1, -0.05) is 18.2 Å². The average molecular weight is 265 g/mol. The topological polar surface area (TPSA) is 64.6 Å². The molecule has 5 heteroatoms. The molecule has 0 radical (unpaired) electrons. The Kier molecular flexibility index (Phi) is 5.51. The van der Waals surface area contributed by atoms with Crippen LogP contribution in [-0.2, 0) is 14.3 Å². The van der Waals surface area contributed by atoms with Crippen molar-refractivity contribution in [3.63, 3.8) is 0 Å². The predicted molar refractivity (Wildman–Crippen MR) is 70.6 cm³/mol. The number of esters is 1. The highest BCUT2D eigenvalue weighted by Crippen LogP contribution is 2.11. The van der Waals surface area contributed by atoms with E-state index in [-0.39, 0.29) is 19.1 Å². The summed E-state index contributed by atoms with van der Waals surface area (Å²) in [5.41, 5.74) is -1.02. The Balaban J connectivity index is 2.84. The van der Waals surface area contributed by atoms with E-state index >= 15 is 0 Å². The minimum atomic E-state index is -1.47. The van der Waals surface area contributed by atoms with Crippen LogP contribution >= 0.6 is 0 Å². The van der Waals surface area contributed by atoms with Crippen molar-refractivity contribution in [3.8, 4) is 0 Å². The number of benzene rings is 1. The summed E-state index contributed by atoms with van der Waals surface area (Å²) in [4.78, 5) is 23.9. The molecule has 0 aliphatic heterocycles. The number of rotatable bonds is 6. The second-order valence-electron chi connectivity index (χ2n) is 4.01. The zero-order chi connectivity index (χ0) is 14.3. The second-order valence-corrected chi connectivity index (χ2v) is 4.01. The van der Waals surface area contributed by atoms with Crippen LogP contribution in [0.5, 0.6) is 0 Å². The molecular formula is C14H19NO4. The van der Waals surface area contributed by atoms with Crippen LogP contribution in [0, 0.1) is 0 Å². The van der Waals surface area contributed by atoms with Crippen LogP contribution in [0.4, 0.5) is 0 Å². The van der Waals surface area contributed by atoms with E-state index in [9.17, 15) is 9.59 Å². The lowest BCUT2D eigenvalue weighted by Crippen LogP contribution is -2.55. The van der Waals surface area contributed by atoms with Gasteiger partial charge in [0, 0.05) is 12.2 Å². The first-order valence-corrected chi connectivity index (χ1v) is 6.22. The second kappa shape index (κ2) is 6.89. The van der Waals surface area contributed by atoms with E-state index in [0.29, 0.717) is 5.56 Å². The molecule has 1 aromatic rings. The Bertz CT molecular complexity index is 432. The summed E-state index contributed by atoms with van der Waals surface area (Å²) in [6.45, 7) is 5.43. The Morgan fingerprint density at radius 1 is 1.16 bits per heavy atom. The molecule has 1 N–H and O–H groups in total. The highest BCUT2D eigenvalue weighted by Gasteiger charge is 2.37. The predicted octanol–water partition coefficient (Wildman–Crippen LogP) is 1.73. The molecule has 0 saturated carbocycles. The fourth-order valence-electron chi connectivity index (χ4n) is 1.58. The SMILES string of the molecule is CCOC(=O)C(C)(NC(=O)c1ccccc1)OCC. The number of ether oxygens (including phenoxy) is 2. The quantitative estimate of drug-likeness (QED) is 0.628. The smallest absolute Gasteiger partial charge is 0.359 e. The van der Waals surface area contributed by atoms with Gasteiger partial charge in [0.25, 0.3) is 5.91 Å². The molecule has 19 heavy (non-hydrogen) atoms. The lowest BCUT2D eigenvalue weighted by Gasteiger charge is -2.27. The van der Waals surface area contributed by atoms with E-state index < -0.39 is 11.7 Å². The van der Waals surface area contributed by atoms with Crippen LogP contribution < -0.4 is 5.32 Å². The van der Waals surface area contributed by atoms with Crippen molar-refractivity contribution < 1.29 is 19.1 Å². The molecule has 0 heterocycles. The molecule has 5 nitrogen and oxygen atoms in total. The van der Waals surface area contributed by atoms with Gasteiger partial charge in [0.15, 0.2) is 0 Å². The van der Waals surface area contributed by atoms with E-state index in [4.69, 9.17) is 9.47 Å². The van der Waals surface area contributed by atoms with Gasteiger partial charge in [0.05, 0.1) is 6.61 Å². The molecule has 1 aromatic carbocycles. The number of amides is 1. The van der Waals surface area contributed by atoms with Crippen molar-refractivity contribution in [3.05, 3.63) is 35.9 Å². The standard InChI is InChI=1S/C14H19NO4/c1-4-18-13(17)14(3,19-5-2)15-12(16)11-9-7-6-8-10-11/h6-10H,4-5H2,1-3H3,(H,15,16). The molecule has 0 fully saturated rings. The van der Waals surface area contributed by atoms with Crippen LogP contribution in [-0.4, -0.2) is 30.8 Å². The maximum atomic E-state index is 12.0. The molecule has 104 valence electrons. The summed E-state index contributed by atoms with van der Waals surface area (Å²) in [5.74, 6) is -0.995. The van der Waals surface area contributed by atoms with Gasteiger partial charge in [0.1, 0.15) is 0 Å². The molecule has 0 aliphatic carbocycles. The molecular weight excluding hydrogens is 246 g/mol. The monoisotopic (exact) mass is 265 g/mol. The van der Waals surface area contributed by atoms with Crippen LogP contribution in [0.1, 0.15) is 31.1 Å². The summed E-state index contributed by atoms with van der Waals surface area (Å²) < 4.78 is 10.2. The average Bonchev–Trinajstić information content (AvgIpc) is 2.40. The Labute approximate surface area is 112 Å². The summed E-state index contributed by atoms with van der Waals surface area (Å²) in [6.07, 6.45) is 0. The zero-order valence-electron chi connectivity index (χ0n) is 11.4. The van der Waals surface area contributed by atoms with Crippen molar-refractivity contribution in [2.45, 2.75) is 26.5 Å². The summed E-state index contributed by atoms with van der Waals surface area (Å²) in [6, 6.07) is 8.62. The molecule has 0 saturated heterocycles. The third kappa shape index (κ3) is 4.06. The van der Waals surface area contributed by atoms with Crippen molar-refractivity contribution in [2.24, 2.45) is 0 Å². The van der Waals surface area contributed by atoms with Gasteiger partial charge < -0.3 is 14.8 Å². The maximum absolute atomic E-state index is 12.0. The van der Waals surface area contributed by atoms with Gasteiger partial charge in [-0.2, -0.15) is 0 Å². The van der Waals surface area contributed by atoms with Crippen LogP contribution in [0.15, 0.2) is 30.3 Å². The van der Waals surface area contributed by atoms with Crippen molar-refractivity contribution in [2.75, 3.05) is 13.2 Å². The Morgan fingerprint density at radius 3 is 2.32 bits per heavy atom. The van der Waals surface area contributed by atoms with E-state index in [1.54, 1.807) is 38.1 Å². The molecule has 1 unspecified atom stereocenters. The molecule has 1 amide bonds. The van der Waals surface area contributed by atoms with Gasteiger partial charge in [-0.3, -0.25) is 4.79 Å². The van der Waals surface area contributed by atoms with Crippen molar-refractivity contribution in [1.29, 1.82) is 0 Å². The minimum Gasteiger partial charge on any atom is -0.462 e. The summed E-state index contributed by atoms with van der Waals surface area (Å²) in [7, 11) is 0. The first-order chi connectivity index (χ1) is 9.03. The summed E-state index contributed by atoms with van der Waals surface area (Å²) in [5, 5.41) is 2.56. The van der Waals surface area contributed by atoms with Gasteiger partial charge in [-0.15, -0.1) is 0 Å². The normalized spacial score (nSPS) is 13.4. The molecule has 0 aliphatic rings. The van der Waals surface area contributed by atoms with Gasteiger partial charge >= 0.3 is 5.97 Å². The first-order valence-electron chi connectivity index (χ1n) is 6.22. The van der Waals surface area contributed by atoms with Gasteiger partial charge in [-0.25, -0.2) is 4.79 Å². The molecule has 0 bridgehead atoms. The molecule has 1 rings (SSSR count). The lowest BCUT2D eigenvalue weighted by molar-refractivity contribution is -0.172. The zero-order valence-corrected chi connectivity index (χ0v) is 11.4. The number of hydrogen-bond acceptors (Lipinski definition) is 4. The Hall–Kier alpha value is -1.88. The molecule has 0 aromatic heterocycles. The number of hydrogen-bond donors (Lipinski definition) is 1. The number of nitrogens with one attached hydrogen (secondary N) is 1. The van der Waals surface area contributed by atoms with Crippen LogP contribution in [0.2, 0.25) is 0 Å². The van der Waals surface area contributed by atoms with Crippen molar-refractivity contribution in [1.82, 2.24) is 5.32 Å². The number of carbonyl (C=O) groups excluding carboxylic acids is 2. The fraction of sp³-hybridized carbons (Fsp3) is 0.429. The van der Waals surface area contributed by atoms with E-state index in [1.165, 1.54) is 6.92 Å². The first kappa shape index (κ1) is 15.2. The Morgan fingerprint density at radius 2 is 1.79 bits per heavy atom. The van der Waals surface area contributed by atoms with Gasteiger partial charge in [-0.05, 0) is 32.9 Å². The third-order valence-corrected chi connectivity index (χ3v) is 2.49. The van der Waals surface area contributed by atoms with Crippen LogP contribution in [0.3, 0.4) is 0 Å². The largest absolute Gasteiger partial charge is 0.462 e. The van der Waals surface area contributed by atoms with E-state index in [0.717, 1.165) is 0 Å². The van der Waals surface area contributed by atoms with Gasteiger partial charge in [0.2, 0.25) is 5.72 Å². The number of carbonyl (C=O) groups is 2. The van der Waals surface area contributed by atoms with E-state index in [2.05, 4.69) is 5.32 Å². The van der Waals surface area contributed by atoms with Crippen LogP contribution in [0.25, 0.3) is 0 Å². The molecule has 1 atom stereocenters. The van der Waals surface area contributed by atoms with Crippen molar-refractivity contribution >= 4 is 11.9 Å². The maximum Gasteiger partial charge on any atom is 0.359 e. The third-order valence-electron chi connectivity index (χ3n) is 2.49. The minimum absolute atomic E-state index is 0.225.